The van der Waals surface area contributed by atoms with Gasteiger partial charge in [0, 0.05) is 12.6 Å². The molecule has 84 valence electrons. The van der Waals surface area contributed by atoms with E-state index in [4.69, 9.17) is 11.6 Å². The molecule has 2 atom stereocenters. The first kappa shape index (κ1) is 13.7. The molecule has 0 aliphatic rings. The number of likely N-dealkylation sites (N-methyl/N-ethyl adjacent to an activating group) is 1. The Morgan fingerprint density at radius 3 is 2.50 bits per heavy atom. The highest BCUT2D eigenvalue weighted by Crippen LogP contribution is 1.97. The minimum atomic E-state index is -0.446. The maximum atomic E-state index is 11.2. The Hall–Kier alpha value is -0.280. The Morgan fingerprint density at radius 1 is 1.50 bits per heavy atom. The molecule has 0 bridgehead atoms. The van der Waals surface area contributed by atoms with E-state index in [9.17, 15) is 4.79 Å². The summed E-state index contributed by atoms with van der Waals surface area (Å²) in [7, 11) is 2.06. The zero-order valence-electron chi connectivity index (χ0n) is 9.51. The Morgan fingerprint density at radius 2 is 2.07 bits per heavy atom. The molecule has 0 aliphatic carbocycles. The summed E-state index contributed by atoms with van der Waals surface area (Å²) in [6.07, 6.45) is 1.13. The molecular weight excluding hydrogens is 200 g/mol. The molecule has 0 aliphatic heterocycles. The van der Waals surface area contributed by atoms with Crippen LogP contribution < -0.4 is 5.32 Å². The van der Waals surface area contributed by atoms with Gasteiger partial charge in [0.15, 0.2) is 0 Å². The van der Waals surface area contributed by atoms with Crippen molar-refractivity contribution in [3.63, 3.8) is 0 Å². The highest BCUT2D eigenvalue weighted by atomic mass is 35.5. The number of carbonyl (C=O) groups excluding carboxylic acids is 1. The molecule has 2 unspecified atom stereocenters. The third-order valence-electron chi connectivity index (χ3n) is 2.26. The molecule has 0 spiro atoms. The molecule has 0 rings (SSSR count). The molecule has 0 radical (unpaired) electrons. The normalized spacial score (nSPS) is 15.3. The van der Waals surface area contributed by atoms with Crippen LogP contribution in [0.5, 0.6) is 0 Å². The number of alkyl halides is 1. The fourth-order valence-electron chi connectivity index (χ4n) is 1.12. The lowest BCUT2D eigenvalue weighted by atomic mass is 10.2. The Labute approximate surface area is 91.8 Å². The van der Waals surface area contributed by atoms with Gasteiger partial charge in [-0.2, -0.15) is 0 Å². The SMILES string of the molecule is CCCN(C)C(C)CNC(=O)C(C)Cl. The zero-order valence-corrected chi connectivity index (χ0v) is 10.3. The minimum absolute atomic E-state index is 0.0941. The fourth-order valence-corrected chi connectivity index (χ4v) is 1.20. The summed E-state index contributed by atoms with van der Waals surface area (Å²) in [5.41, 5.74) is 0. The number of nitrogens with one attached hydrogen (secondary N) is 1. The molecule has 0 saturated carbocycles. The minimum Gasteiger partial charge on any atom is -0.353 e. The van der Waals surface area contributed by atoms with Gasteiger partial charge in [-0.1, -0.05) is 6.92 Å². The van der Waals surface area contributed by atoms with Crippen LogP contribution in [0, 0.1) is 0 Å². The second-order valence-electron chi connectivity index (χ2n) is 3.69. The van der Waals surface area contributed by atoms with Gasteiger partial charge in [0.05, 0.1) is 0 Å². The highest BCUT2D eigenvalue weighted by molar-refractivity contribution is 6.30. The maximum Gasteiger partial charge on any atom is 0.237 e. The van der Waals surface area contributed by atoms with Gasteiger partial charge >= 0.3 is 0 Å². The highest BCUT2D eigenvalue weighted by Gasteiger charge is 2.12. The summed E-state index contributed by atoms with van der Waals surface area (Å²) in [4.78, 5) is 13.4. The van der Waals surface area contributed by atoms with Crippen molar-refractivity contribution >= 4 is 17.5 Å². The van der Waals surface area contributed by atoms with Crippen molar-refractivity contribution < 1.29 is 4.79 Å². The van der Waals surface area contributed by atoms with E-state index in [0.717, 1.165) is 13.0 Å². The van der Waals surface area contributed by atoms with Crippen molar-refractivity contribution in [3.05, 3.63) is 0 Å². The average Bonchev–Trinajstić information content (AvgIpc) is 2.13. The third kappa shape index (κ3) is 5.45. The van der Waals surface area contributed by atoms with E-state index in [1.807, 2.05) is 0 Å². The number of hydrogen-bond acceptors (Lipinski definition) is 2. The van der Waals surface area contributed by atoms with Crippen LogP contribution >= 0.6 is 11.6 Å². The van der Waals surface area contributed by atoms with Gasteiger partial charge in [-0.3, -0.25) is 4.79 Å². The second kappa shape index (κ2) is 7.07. The van der Waals surface area contributed by atoms with Crippen LogP contribution in [0.4, 0.5) is 0 Å². The Balaban J connectivity index is 3.72. The first-order valence-electron chi connectivity index (χ1n) is 5.11. The van der Waals surface area contributed by atoms with Crippen molar-refractivity contribution in [1.82, 2.24) is 10.2 Å². The number of carbonyl (C=O) groups is 1. The summed E-state index contributed by atoms with van der Waals surface area (Å²) in [6.45, 7) is 7.62. The van der Waals surface area contributed by atoms with Crippen molar-refractivity contribution in [1.29, 1.82) is 0 Å². The molecule has 1 N–H and O–H groups in total. The van der Waals surface area contributed by atoms with Crippen LogP contribution in [-0.4, -0.2) is 42.4 Å². The van der Waals surface area contributed by atoms with Gasteiger partial charge in [-0.25, -0.2) is 0 Å². The van der Waals surface area contributed by atoms with Crippen LogP contribution in [0.15, 0.2) is 0 Å². The summed E-state index contributed by atoms with van der Waals surface area (Å²) in [5, 5.41) is 2.36. The van der Waals surface area contributed by atoms with Crippen molar-refractivity contribution in [2.75, 3.05) is 20.1 Å². The molecule has 0 fully saturated rings. The molecule has 0 saturated heterocycles. The van der Waals surface area contributed by atoms with Crippen LogP contribution in [0.2, 0.25) is 0 Å². The number of rotatable bonds is 6. The topological polar surface area (TPSA) is 32.3 Å². The summed E-state index contributed by atoms with van der Waals surface area (Å²) < 4.78 is 0. The molecule has 14 heavy (non-hydrogen) atoms. The van der Waals surface area contributed by atoms with Crippen LogP contribution in [-0.2, 0) is 4.79 Å². The van der Waals surface area contributed by atoms with E-state index < -0.39 is 5.38 Å². The molecular formula is C10H21ClN2O. The molecule has 0 aromatic heterocycles. The fraction of sp³-hybridized carbons (Fsp3) is 0.900. The van der Waals surface area contributed by atoms with E-state index in [2.05, 4.69) is 31.1 Å². The predicted octanol–water partition coefficient (Wildman–Crippen LogP) is 1.46. The monoisotopic (exact) mass is 220 g/mol. The van der Waals surface area contributed by atoms with Crippen molar-refractivity contribution in [2.45, 2.75) is 38.6 Å². The van der Waals surface area contributed by atoms with Gasteiger partial charge in [0.1, 0.15) is 5.38 Å². The average molecular weight is 221 g/mol. The molecule has 0 aromatic carbocycles. The standard InChI is InChI=1S/C10H21ClN2O/c1-5-6-13(4)8(2)7-12-10(14)9(3)11/h8-9H,5-7H2,1-4H3,(H,12,14). The lowest BCUT2D eigenvalue weighted by molar-refractivity contribution is -0.120. The molecule has 0 heterocycles. The molecule has 1 amide bonds. The van der Waals surface area contributed by atoms with Crippen LogP contribution in [0.3, 0.4) is 0 Å². The lowest BCUT2D eigenvalue weighted by Gasteiger charge is -2.24. The van der Waals surface area contributed by atoms with Gasteiger partial charge in [-0.15, -0.1) is 11.6 Å². The Kier molecular flexibility index (Phi) is 6.93. The van der Waals surface area contributed by atoms with E-state index in [1.54, 1.807) is 6.92 Å². The zero-order chi connectivity index (χ0) is 11.1. The van der Waals surface area contributed by atoms with Crippen LogP contribution in [0.25, 0.3) is 0 Å². The second-order valence-corrected chi connectivity index (χ2v) is 4.35. The number of amides is 1. The summed E-state index contributed by atoms with van der Waals surface area (Å²) in [6, 6.07) is 0.356. The van der Waals surface area contributed by atoms with E-state index in [-0.39, 0.29) is 5.91 Å². The number of nitrogens with zero attached hydrogens (tertiary/aromatic N) is 1. The predicted molar refractivity (Wildman–Crippen MR) is 60.7 cm³/mol. The number of hydrogen-bond donors (Lipinski definition) is 1. The van der Waals surface area contributed by atoms with Crippen LogP contribution in [0.1, 0.15) is 27.2 Å². The lowest BCUT2D eigenvalue weighted by Crippen LogP contribution is -2.42. The Bertz CT molecular complexity index is 174. The molecule has 3 nitrogen and oxygen atoms in total. The van der Waals surface area contributed by atoms with E-state index in [1.165, 1.54) is 0 Å². The van der Waals surface area contributed by atoms with Crippen molar-refractivity contribution in [3.8, 4) is 0 Å². The molecule has 0 aromatic rings. The van der Waals surface area contributed by atoms with Crippen molar-refractivity contribution in [2.24, 2.45) is 0 Å². The quantitative estimate of drug-likeness (QED) is 0.688. The smallest absolute Gasteiger partial charge is 0.237 e. The first-order valence-corrected chi connectivity index (χ1v) is 5.54. The van der Waals surface area contributed by atoms with Gasteiger partial charge in [-0.05, 0) is 33.9 Å². The van der Waals surface area contributed by atoms with Gasteiger partial charge in [0.25, 0.3) is 0 Å². The van der Waals surface area contributed by atoms with Gasteiger partial charge in [0.2, 0.25) is 5.91 Å². The van der Waals surface area contributed by atoms with Gasteiger partial charge < -0.3 is 10.2 Å². The third-order valence-corrected chi connectivity index (χ3v) is 2.46. The largest absolute Gasteiger partial charge is 0.353 e. The first-order chi connectivity index (χ1) is 6.49. The molecule has 4 heteroatoms. The summed E-state index contributed by atoms with van der Waals surface area (Å²) in [5.74, 6) is -0.0941. The van der Waals surface area contributed by atoms with E-state index in [0.29, 0.717) is 12.6 Å². The maximum absolute atomic E-state index is 11.2. The van der Waals surface area contributed by atoms with E-state index >= 15 is 0 Å². The summed E-state index contributed by atoms with van der Waals surface area (Å²) >= 11 is 5.63. The number of halogens is 1.